The molecule has 2 aromatic rings. The maximum absolute atomic E-state index is 6.13. The number of hydrogen-bond donors (Lipinski definition) is 1. The molecule has 0 saturated carbocycles. The minimum Gasteiger partial charge on any atom is -0.457 e. The quantitative estimate of drug-likeness (QED) is 0.911. The van der Waals surface area contributed by atoms with Gasteiger partial charge in [-0.05, 0) is 37.0 Å². The monoisotopic (exact) mass is 270 g/mol. The Morgan fingerprint density at radius 3 is 2.55 bits per heavy atom. The molecule has 3 heteroatoms. The van der Waals surface area contributed by atoms with Crippen LogP contribution in [0.3, 0.4) is 0 Å². The number of nitrogens with zero attached hydrogens (tertiary/aromatic N) is 1. The van der Waals surface area contributed by atoms with Crippen LogP contribution in [0.25, 0.3) is 0 Å². The summed E-state index contributed by atoms with van der Waals surface area (Å²) in [6.07, 6.45) is 1.79. The zero-order valence-electron chi connectivity index (χ0n) is 12.6. The molecular formula is C17H22N2O. The van der Waals surface area contributed by atoms with Gasteiger partial charge in [-0.2, -0.15) is 0 Å². The van der Waals surface area contributed by atoms with E-state index in [4.69, 9.17) is 10.5 Å². The molecule has 1 heterocycles. The highest BCUT2D eigenvalue weighted by molar-refractivity contribution is 5.44. The van der Waals surface area contributed by atoms with Crippen molar-refractivity contribution < 1.29 is 4.74 Å². The average Bonchev–Trinajstić information content (AvgIpc) is 2.38. The molecule has 0 aliphatic rings. The lowest BCUT2D eigenvalue weighted by molar-refractivity contribution is 0.465. The molecule has 2 rings (SSSR count). The van der Waals surface area contributed by atoms with Crippen LogP contribution >= 0.6 is 0 Å². The van der Waals surface area contributed by atoms with E-state index in [1.165, 1.54) is 11.1 Å². The second-order valence-corrected chi connectivity index (χ2v) is 5.44. The molecule has 106 valence electrons. The van der Waals surface area contributed by atoms with Gasteiger partial charge < -0.3 is 10.5 Å². The Morgan fingerprint density at radius 2 is 1.90 bits per heavy atom. The number of nitrogens with two attached hydrogens (primary N) is 1. The van der Waals surface area contributed by atoms with Crippen LogP contribution in [0.2, 0.25) is 0 Å². The van der Waals surface area contributed by atoms with E-state index in [0.29, 0.717) is 12.5 Å². The second kappa shape index (κ2) is 6.06. The summed E-state index contributed by atoms with van der Waals surface area (Å²) in [6, 6.07) is 8.26. The molecule has 3 nitrogen and oxygen atoms in total. The first kappa shape index (κ1) is 14.5. The van der Waals surface area contributed by atoms with E-state index < -0.39 is 0 Å². The zero-order chi connectivity index (χ0) is 14.7. The SMILES string of the molecule is Cc1ccc(C(C)C)c(Oc2cc(C)ncc2CN)c1. The Hall–Kier alpha value is -1.87. The molecule has 0 aliphatic carbocycles. The summed E-state index contributed by atoms with van der Waals surface area (Å²) in [5.41, 5.74) is 10.00. The van der Waals surface area contributed by atoms with Crippen molar-refractivity contribution in [2.24, 2.45) is 5.73 Å². The number of ether oxygens (including phenoxy) is 1. The number of rotatable bonds is 4. The first-order valence-corrected chi connectivity index (χ1v) is 6.95. The van der Waals surface area contributed by atoms with Gasteiger partial charge in [-0.25, -0.2) is 0 Å². The predicted molar refractivity (Wildman–Crippen MR) is 82.2 cm³/mol. The third-order valence-corrected chi connectivity index (χ3v) is 3.31. The van der Waals surface area contributed by atoms with Crippen LogP contribution in [0.15, 0.2) is 30.5 Å². The molecule has 0 saturated heterocycles. The van der Waals surface area contributed by atoms with Crippen LogP contribution in [0.5, 0.6) is 11.5 Å². The number of hydrogen-bond acceptors (Lipinski definition) is 3. The van der Waals surface area contributed by atoms with Crippen LogP contribution in [0, 0.1) is 13.8 Å². The summed E-state index contributed by atoms with van der Waals surface area (Å²) in [5.74, 6) is 2.11. The van der Waals surface area contributed by atoms with Crippen molar-refractivity contribution in [2.75, 3.05) is 0 Å². The Balaban J connectivity index is 2.44. The Morgan fingerprint density at radius 1 is 1.15 bits per heavy atom. The fraction of sp³-hybridized carbons (Fsp3) is 0.353. The molecule has 20 heavy (non-hydrogen) atoms. The van der Waals surface area contributed by atoms with E-state index in [-0.39, 0.29) is 0 Å². The molecule has 1 aromatic heterocycles. The molecule has 0 aliphatic heterocycles. The van der Waals surface area contributed by atoms with Gasteiger partial charge in [0.1, 0.15) is 11.5 Å². The van der Waals surface area contributed by atoms with Crippen molar-refractivity contribution in [1.82, 2.24) is 4.98 Å². The van der Waals surface area contributed by atoms with E-state index in [2.05, 4.69) is 44.0 Å². The highest BCUT2D eigenvalue weighted by Crippen LogP contribution is 2.33. The van der Waals surface area contributed by atoms with Crippen molar-refractivity contribution in [2.45, 2.75) is 40.2 Å². The molecular weight excluding hydrogens is 248 g/mol. The van der Waals surface area contributed by atoms with E-state index in [9.17, 15) is 0 Å². The van der Waals surface area contributed by atoms with Crippen LogP contribution in [-0.4, -0.2) is 4.98 Å². The summed E-state index contributed by atoms with van der Waals surface area (Å²) < 4.78 is 6.13. The fourth-order valence-corrected chi connectivity index (χ4v) is 2.14. The van der Waals surface area contributed by atoms with Gasteiger partial charge in [-0.1, -0.05) is 26.0 Å². The minimum atomic E-state index is 0.412. The molecule has 0 unspecified atom stereocenters. The van der Waals surface area contributed by atoms with E-state index in [0.717, 1.165) is 22.8 Å². The van der Waals surface area contributed by atoms with E-state index in [1.54, 1.807) is 6.20 Å². The lowest BCUT2D eigenvalue weighted by Gasteiger charge is -2.16. The predicted octanol–water partition coefficient (Wildman–Crippen LogP) is 4.07. The van der Waals surface area contributed by atoms with Gasteiger partial charge >= 0.3 is 0 Å². The van der Waals surface area contributed by atoms with Crippen LogP contribution < -0.4 is 10.5 Å². The van der Waals surface area contributed by atoms with E-state index >= 15 is 0 Å². The topological polar surface area (TPSA) is 48.1 Å². The highest BCUT2D eigenvalue weighted by atomic mass is 16.5. The average molecular weight is 270 g/mol. The second-order valence-electron chi connectivity index (χ2n) is 5.44. The number of aromatic nitrogens is 1. The van der Waals surface area contributed by atoms with Gasteiger partial charge in [0.2, 0.25) is 0 Å². The normalized spacial score (nSPS) is 10.9. The van der Waals surface area contributed by atoms with Crippen molar-refractivity contribution in [3.8, 4) is 11.5 Å². The van der Waals surface area contributed by atoms with Crippen LogP contribution in [0.1, 0.15) is 42.1 Å². The highest BCUT2D eigenvalue weighted by Gasteiger charge is 2.11. The molecule has 0 bridgehead atoms. The Kier molecular flexibility index (Phi) is 4.40. The smallest absolute Gasteiger partial charge is 0.135 e. The summed E-state index contributed by atoms with van der Waals surface area (Å²) in [7, 11) is 0. The summed E-state index contributed by atoms with van der Waals surface area (Å²) in [5, 5.41) is 0. The Labute approximate surface area is 120 Å². The van der Waals surface area contributed by atoms with Gasteiger partial charge in [-0.15, -0.1) is 0 Å². The molecule has 0 radical (unpaired) electrons. The van der Waals surface area contributed by atoms with Gasteiger partial charge in [0.05, 0.1) is 0 Å². The maximum atomic E-state index is 6.13. The third kappa shape index (κ3) is 3.17. The van der Waals surface area contributed by atoms with Gasteiger partial charge in [0.25, 0.3) is 0 Å². The minimum absolute atomic E-state index is 0.412. The van der Waals surface area contributed by atoms with Gasteiger partial charge in [0, 0.05) is 30.1 Å². The standard InChI is InChI=1S/C17H22N2O/c1-11(2)15-6-5-12(3)7-17(15)20-16-8-13(4)19-10-14(16)9-18/h5-8,10-11H,9,18H2,1-4H3. The number of aryl methyl sites for hydroxylation is 2. The Bertz CT molecular complexity index is 606. The van der Waals surface area contributed by atoms with Crippen molar-refractivity contribution in [1.29, 1.82) is 0 Å². The van der Waals surface area contributed by atoms with Gasteiger partial charge in [-0.3, -0.25) is 4.98 Å². The zero-order valence-corrected chi connectivity index (χ0v) is 12.6. The van der Waals surface area contributed by atoms with Crippen LogP contribution in [-0.2, 0) is 6.54 Å². The fourth-order valence-electron chi connectivity index (χ4n) is 2.14. The van der Waals surface area contributed by atoms with Gasteiger partial charge in [0.15, 0.2) is 0 Å². The van der Waals surface area contributed by atoms with Crippen LogP contribution in [0.4, 0.5) is 0 Å². The van der Waals surface area contributed by atoms with Crippen molar-refractivity contribution in [3.63, 3.8) is 0 Å². The first-order chi connectivity index (χ1) is 9.51. The summed E-state index contributed by atoms with van der Waals surface area (Å²) >= 11 is 0. The largest absolute Gasteiger partial charge is 0.457 e. The van der Waals surface area contributed by atoms with Crippen molar-refractivity contribution >= 4 is 0 Å². The lowest BCUT2D eigenvalue weighted by Crippen LogP contribution is -2.02. The molecule has 0 fully saturated rings. The molecule has 1 aromatic carbocycles. The summed E-state index contributed by atoms with van der Waals surface area (Å²) in [6.45, 7) is 8.77. The number of benzene rings is 1. The molecule has 0 spiro atoms. The number of pyridine rings is 1. The van der Waals surface area contributed by atoms with E-state index in [1.807, 2.05) is 13.0 Å². The third-order valence-electron chi connectivity index (χ3n) is 3.31. The lowest BCUT2D eigenvalue weighted by atomic mass is 10.0. The van der Waals surface area contributed by atoms with Crippen molar-refractivity contribution in [3.05, 3.63) is 52.8 Å². The molecule has 0 atom stereocenters. The molecule has 2 N–H and O–H groups in total. The molecule has 0 amide bonds. The first-order valence-electron chi connectivity index (χ1n) is 6.95. The summed E-state index contributed by atoms with van der Waals surface area (Å²) in [4.78, 5) is 4.27. The maximum Gasteiger partial charge on any atom is 0.135 e.